The Kier molecular flexibility index (Phi) is 7.84. The molecule has 2 N–H and O–H groups in total. The first-order valence-electron chi connectivity index (χ1n) is 7.98. The van der Waals surface area contributed by atoms with Gasteiger partial charge in [0.05, 0.1) is 0 Å². The molecule has 1 aromatic rings. The van der Waals surface area contributed by atoms with Crippen LogP contribution in [0.4, 0.5) is 0 Å². The smallest absolute Gasteiger partial charge is 0.0268 e. The van der Waals surface area contributed by atoms with Gasteiger partial charge in [0.1, 0.15) is 0 Å². The standard InChI is InChI=1S/C19H30N2/c1-6-15(3)19-14-17(7-2)9-11-18(19)10-8-16(4)21-13-12-20-5/h9,11,14,20-21H,3-4,6-8,10,12-13H2,1-2,5H3. The first-order valence-corrected chi connectivity index (χ1v) is 7.98. The summed E-state index contributed by atoms with van der Waals surface area (Å²) in [5, 5.41) is 6.49. The van der Waals surface area contributed by atoms with E-state index in [0.717, 1.165) is 44.5 Å². The lowest BCUT2D eigenvalue weighted by atomic mass is 9.93. The van der Waals surface area contributed by atoms with Gasteiger partial charge < -0.3 is 10.6 Å². The lowest BCUT2D eigenvalue weighted by Crippen LogP contribution is -2.24. The largest absolute Gasteiger partial charge is 0.388 e. The molecule has 2 nitrogen and oxygen atoms in total. The molecule has 21 heavy (non-hydrogen) atoms. The van der Waals surface area contributed by atoms with Crippen LogP contribution in [0.1, 0.15) is 43.4 Å². The predicted octanol–water partition coefficient (Wildman–Crippen LogP) is 3.93. The summed E-state index contributed by atoms with van der Waals surface area (Å²) in [6.45, 7) is 14.6. The minimum absolute atomic E-state index is 0.929. The summed E-state index contributed by atoms with van der Waals surface area (Å²) < 4.78 is 0. The maximum absolute atomic E-state index is 4.22. The van der Waals surface area contributed by atoms with Crippen molar-refractivity contribution >= 4 is 5.57 Å². The van der Waals surface area contributed by atoms with E-state index in [2.05, 4.69) is 55.8 Å². The summed E-state index contributed by atoms with van der Waals surface area (Å²) >= 11 is 0. The molecule has 0 saturated carbocycles. The molecular weight excluding hydrogens is 256 g/mol. The zero-order valence-corrected chi connectivity index (χ0v) is 13.9. The van der Waals surface area contributed by atoms with Crippen LogP contribution in [0.25, 0.3) is 5.57 Å². The molecule has 0 heterocycles. The fourth-order valence-electron chi connectivity index (χ4n) is 2.32. The van der Waals surface area contributed by atoms with Crippen LogP contribution >= 0.6 is 0 Å². The molecule has 0 aliphatic carbocycles. The van der Waals surface area contributed by atoms with Crippen LogP contribution in [0.2, 0.25) is 0 Å². The van der Waals surface area contributed by atoms with Gasteiger partial charge in [-0.1, -0.05) is 45.2 Å². The minimum Gasteiger partial charge on any atom is -0.388 e. The van der Waals surface area contributed by atoms with Gasteiger partial charge >= 0.3 is 0 Å². The van der Waals surface area contributed by atoms with E-state index in [-0.39, 0.29) is 0 Å². The Morgan fingerprint density at radius 3 is 2.52 bits per heavy atom. The van der Waals surface area contributed by atoms with Crippen molar-refractivity contribution in [2.24, 2.45) is 0 Å². The van der Waals surface area contributed by atoms with Gasteiger partial charge in [0, 0.05) is 18.8 Å². The maximum atomic E-state index is 4.22. The van der Waals surface area contributed by atoms with E-state index >= 15 is 0 Å². The van der Waals surface area contributed by atoms with Crippen LogP contribution < -0.4 is 10.6 Å². The topological polar surface area (TPSA) is 24.1 Å². The van der Waals surface area contributed by atoms with Crippen molar-refractivity contribution in [3.05, 3.63) is 53.7 Å². The van der Waals surface area contributed by atoms with Crippen molar-refractivity contribution in [2.45, 2.75) is 39.5 Å². The number of nitrogens with one attached hydrogen (secondary N) is 2. The van der Waals surface area contributed by atoms with Crippen molar-refractivity contribution in [3.63, 3.8) is 0 Å². The molecule has 0 radical (unpaired) electrons. The third kappa shape index (κ3) is 5.76. The number of aryl methyl sites for hydroxylation is 2. The molecule has 1 aromatic carbocycles. The molecule has 0 saturated heterocycles. The first-order chi connectivity index (χ1) is 10.1. The van der Waals surface area contributed by atoms with E-state index in [4.69, 9.17) is 0 Å². The van der Waals surface area contributed by atoms with Crippen LogP contribution in [-0.4, -0.2) is 20.1 Å². The van der Waals surface area contributed by atoms with E-state index in [9.17, 15) is 0 Å². The molecule has 0 aromatic heterocycles. The number of hydrogen-bond donors (Lipinski definition) is 2. The number of likely N-dealkylation sites (N-methyl/N-ethyl adjacent to an activating group) is 1. The Hall–Kier alpha value is -1.54. The van der Waals surface area contributed by atoms with Crippen molar-refractivity contribution < 1.29 is 0 Å². The molecule has 2 heteroatoms. The zero-order valence-electron chi connectivity index (χ0n) is 13.9. The molecule has 0 amide bonds. The van der Waals surface area contributed by atoms with Crippen molar-refractivity contribution in [1.29, 1.82) is 0 Å². The van der Waals surface area contributed by atoms with Gasteiger partial charge in [-0.3, -0.25) is 0 Å². The number of benzene rings is 1. The number of hydrogen-bond acceptors (Lipinski definition) is 2. The molecule has 1 rings (SSSR count). The Labute approximate surface area is 130 Å². The van der Waals surface area contributed by atoms with Gasteiger partial charge in [-0.2, -0.15) is 0 Å². The Bertz CT molecular complexity index is 474. The zero-order chi connectivity index (χ0) is 15.7. The third-order valence-electron chi connectivity index (χ3n) is 3.84. The lowest BCUT2D eigenvalue weighted by Gasteiger charge is -2.14. The second-order valence-electron chi connectivity index (χ2n) is 5.44. The minimum atomic E-state index is 0.929. The summed E-state index contributed by atoms with van der Waals surface area (Å²) in [6, 6.07) is 6.80. The Morgan fingerprint density at radius 2 is 1.90 bits per heavy atom. The number of rotatable bonds is 10. The highest BCUT2D eigenvalue weighted by Crippen LogP contribution is 2.24. The van der Waals surface area contributed by atoms with Gasteiger partial charge in [-0.05, 0) is 55.0 Å². The lowest BCUT2D eigenvalue weighted by molar-refractivity contribution is 0.692. The van der Waals surface area contributed by atoms with Gasteiger partial charge in [0.25, 0.3) is 0 Å². The van der Waals surface area contributed by atoms with Crippen molar-refractivity contribution in [3.8, 4) is 0 Å². The highest BCUT2D eigenvalue weighted by atomic mass is 14.9. The molecule has 0 fully saturated rings. The second-order valence-corrected chi connectivity index (χ2v) is 5.44. The van der Waals surface area contributed by atoms with E-state index in [1.807, 2.05) is 7.05 Å². The molecule has 0 bridgehead atoms. The van der Waals surface area contributed by atoms with Crippen molar-refractivity contribution in [1.82, 2.24) is 10.6 Å². The first kappa shape index (κ1) is 17.5. The van der Waals surface area contributed by atoms with Gasteiger partial charge in [0.15, 0.2) is 0 Å². The van der Waals surface area contributed by atoms with Gasteiger partial charge in [-0.15, -0.1) is 0 Å². The second kappa shape index (κ2) is 9.41. The predicted molar refractivity (Wildman–Crippen MR) is 94.5 cm³/mol. The van der Waals surface area contributed by atoms with Crippen LogP contribution in [0.3, 0.4) is 0 Å². The van der Waals surface area contributed by atoms with E-state index in [0.29, 0.717) is 0 Å². The average Bonchev–Trinajstić information content (AvgIpc) is 2.52. The highest BCUT2D eigenvalue weighted by Gasteiger charge is 2.07. The summed E-state index contributed by atoms with van der Waals surface area (Å²) in [5.41, 5.74) is 6.44. The van der Waals surface area contributed by atoms with Crippen LogP contribution in [0.5, 0.6) is 0 Å². The molecule has 0 atom stereocenters. The van der Waals surface area contributed by atoms with Gasteiger partial charge in [-0.25, -0.2) is 0 Å². The average molecular weight is 286 g/mol. The summed E-state index contributed by atoms with van der Waals surface area (Å²) in [7, 11) is 1.96. The molecule has 0 unspecified atom stereocenters. The normalized spacial score (nSPS) is 10.4. The SMILES string of the molecule is C=C(CCc1ccc(CC)cc1C(=C)CC)NCCNC. The van der Waals surface area contributed by atoms with Crippen LogP contribution in [-0.2, 0) is 12.8 Å². The summed E-state index contributed by atoms with van der Waals surface area (Å²) in [4.78, 5) is 0. The summed E-state index contributed by atoms with van der Waals surface area (Å²) in [5.74, 6) is 0. The fraction of sp³-hybridized carbons (Fsp3) is 0.474. The molecule has 116 valence electrons. The van der Waals surface area contributed by atoms with Crippen LogP contribution in [0.15, 0.2) is 37.1 Å². The quantitative estimate of drug-likeness (QED) is 0.637. The third-order valence-corrected chi connectivity index (χ3v) is 3.84. The van der Waals surface area contributed by atoms with Crippen molar-refractivity contribution in [2.75, 3.05) is 20.1 Å². The summed E-state index contributed by atoms with van der Waals surface area (Å²) in [6.07, 6.45) is 4.06. The van der Waals surface area contributed by atoms with E-state index in [1.165, 1.54) is 22.3 Å². The monoisotopic (exact) mass is 286 g/mol. The highest BCUT2D eigenvalue weighted by molar-refractivity contribution is 5.67. The van der Waals surface area contributed by atoms with E-state index in [1.54, 1.807) is 0 Å². The molecule has 0 aliphatic rings. The Balaban J connectivity index is 2.69. The molecule has 0 aliphatic heterocycles. The van der Waals surface area contributed by atoms with E-state index < -0.39 is 0 Å². The molecule has 0 spiro atoms. The fourth-order valence-corrected chi connectivity index (χ4v) is 2.32. The van der Waals surface area contributed by atoms with Crippen LogP contribution in [0, 0.1) is 0 Å². The Morgan fingerprint density at radius 1 is 1.14 bits per heavy atom. The number of allylic oxidation sites excluding steroid dienone is 2. The maximum Gasteiger partial charge on any atom is 0.0268 e. The molecular formula is C19H30N2. The van der Waals surface area contributed by atoms with Gasteiger partial charge in [0.2, 0.25) is 0 Å².